The molecule has 0 aliphatic carbocycles. The van der Waals surface area contributed by atoms with E-state index < -0.39 is 0 Å². The zero-order valence-electron chi connectivity index (χ0n) is 20.3. The molecule has 0 aliphatic rings. The van der Waals surface area contributed by atoms with E-state index in [1.165, 1.54) is 6.33 Å². The van der Waals surface area contributed by atoms with Gasteiger partial charge >= 0.3 is 0 Å². The third kappa shape index (κ3) is 5.75. The number of fused-ring (bicyclic) bond motifs is 1. The number of hydrogen-bond acceptors (Lipinski definition) is 8. The van der Waals surface area contributed by atoms with Crippen molar-refractivity contribution in [2.24, 2.45) is 0 Å². The van der Waals surface area contributed by atoms with Crippen LogP contribution in [0.2, 0.25) is 0 Å². The third-order valence-corrected chi connectivity index (χ3v) is 5.61. The van der Waals surface area contributed by atoms with Crippen molar-refractivity contribution in [3.05, 3.63) is 72.2 Å². The number of carbonyl (C=O) groups excluding carboxylic acids is 1. The zero-order chi connectivity index (χ0) is 24.8. The second-order valence-electron chi connectivity index (χ2n) is 8.50. The van der Waals surface area contributed by atoms with Crippen LogP contribution in [0.25, 0.3) is 22.2 Å². The molecule has 0 bridgehead atoms. The molecule has 35 heavy (non-hydrogen) atoms. The van der Waals surface area contributed by atoms with Crippen LogP contribution in [-0.2, 0) is 11.3 Å². The van der Waals surface area contributed by atoms with Crippen molar-refractivity contribution < 1.29 is 9.53 Å². The van der Waals surface area contributed by atoms with Crippen LogP contribution in [-0.4, -0.2) is 50.5 Å². The quantitative estimate of drug-likeness (QED) is 0.377. The molecule has 0 radical (unpaired) electrons. The predicted octanol–water partition coefficient (Wildman–Crippen LogP) is 3.98. The number of hydrogen-bond donors (Lipinski definition) is 2. The lowest BCUT2D eigenvalue weighted by Gasteiger charge is -2.16. The fraction of sp³-hybridized carbons (Fsp3) is 0.308. The van der Waals surface area contributed by atoms with E-state index in [0.29, 0.717) is 30.4 Å². The van der Waals surface area contributed by atoms with Gasteiger partial charge in [-0.15, -0.1) is 0 Å². The van der Waals surface area contributed by atoms with Crippen molar-refractivity contribution in [2.75, 3.05) is 18.9 Å². The summed E-state index contributed by atoms with van der Waals surface area (Å²) in [7, 11) is 1.63. The molecule has 2 N–H and O–H groups in total. The number of nitrogens with zero attached hydrogens (tertiary/aromatic N) is 5. The van der Waals surface area contributed by atoms with Crippen LogP contribution in [0.15, 0.2) is 55.2 Å². The molecule has 9 nitrogen and oxygen atoms in total. The van der Waals surface area contributed by atoms with Crippen LogP contribution >= 0.6 is 0 Å². The fourth-order valence-corrected chi connectivity index (χ4v) is 3.71. The average molecular weight is 472 g/mol. The zero-order valence-corrected chi connectivity index (χ0v) is 20.3. The van der Waals surface area contributed by atoms with Gasteiger partial charge in [0.1, 0.15) is 18.8 Å². The normalized spacial score (nSPS) is 12.0. The van der Waals surface area contributed by atoms with E-state index in [-0.39, 0.29) is 17.9 Å². The lowest BCUT2D eigenvalue weighted by Crippen LogP contribution is -2.18. The van der Waals surface area contributed by atoms with Gasteiger partial charge < -0.3 is 15.4 Å². The molecular weight excluding hydrogens is 442 g/mol. The number of rotatable bonds is 9. The molecule has 1 amide bonds. The summed E-state index contributed by atoms with van der Waals surface area (Å²) in [6.45, 7) is 7.07. The highest BCUT2D eigenvalue weighted by atomic mass is 16.5. The first-order valence-electron chi connectivity index (χ1n) is 11.5. The summed E-state index contributed by atoms with van der Waals surface area (Å²) in [4.78, 5) is 34.3. The minimum Gasteiger partial charge on any atom is -0.371 e. The number of para-hydroxylation sites is 1. The third-order valence-electron chi connectivity index (χ3n) is 5.61. The second kappa shape index (κ2) is 11.0. The molecule has 4 rings (SSSR count). The van der Waals surface area contributed by atoms with Gasteiger partial charge in [0.2, 0.25) is 0 Å². The predicted molar refractivity (Wildman–Crippen MR) is 135 cm³/mol. The number of carbonyl (C=O) groups is 1. The molecule has 9 heteroatoms. The number of amides is 1. The first-order chi connectivity index (χ1) is 17.0. The van der Waals surface area contributed by atoms with Gasteiger partial charge in [-0.25, -0.2) is 19.9 Å². The van der Waals surface area contributed by atoms with Crippen LogP contribution in [0.5, 0.6) is 0 Å². The van der Waals surface area contributed by atoms with Gasteiger partial charge in [-0.2, -0.15) is 0 Å². The highest BCUT2D eigenvalue weighted by Gasteiger charge is 2.15. The lowest BCUT2D eigenvalue weighted by molar-refractivity contribution is 0.0613. The topological polar surface area (TPSA) is 115 Å². The van der Waals surface area contributed by atoms with E-state index in [1.807, 2.05) is 38.1 Å². The largest absolute Gasteiger partial charge is 0.371 e. The first-order valence-corrected chi connectivity index (χ1v) is 11.5. The Hall–Kier alpha value is -3.98. The van der Waals surface area contributed by atoms with Crippen LogP contribution in [0.3, 0.4) is 0 Å². The Morgan fingerprint density at radius 2 is 1.83 bits per heavy atom. The SMILES string of the molecule is CNC(=O)c1ccnc2c([C@H](C)CNc3cc(-c4cnc(COC(C)C)nc4)ncn3)cccc12. The van der Waals surface area contributed by atoms with Crippen molar-refractivity contribution in [3.8, 4) is 11.3 Å². The Balaban J connectivity index is 1.47. The number of anilines is 1. The summed E-state index contributed by atoms with van der Waals surface area (Å²) < 4.78 is 5.55. The van der Waals surface area contributed by atoms with Gasteiger partial charge in [0.05, 0.1) is 22.9 Å². The molecular formula is C26H29N7O2. The minimum absolute atomic E-state index is 0.119. The highest BCUT2D eigenvalue weighted by Crippen LogP contribution is 2.27. The molecule has 0 aliphatic heterocycles. The van der Waals surface area contributed by atoms with E-state index >= 15 is 0 Å². The number of benzene rings is 1. The molecule has 0 unspecified atom stereocenters. The van der Waals surface area contributed by atoms with Gasteiger partial charge in [0.15, 0.2) is 5.82 Å². The van der Waals surface area contributed by atoms with Crippen molar-refractivity contribution in [2.45, 2.75) is 39.4 Å². The van der Waals surface area contributed by atoms with Gasteiger partial charge in [-0.1, -0.05) is 25.1 Å². The summed E-state index contributed by atoms with van der Waals surface area (Å²) in [5, 5.41) is 6.92. The van der Waals surface area contributed by atoms with Gasteiger partial charge in [-0.3, -0.25) is 9.78 Å². The lowest BCUT2D eigenvalue weighted by atomic mass is 9.96. The molecule has 0 fully saturated rings. The number of aromatic nitrogens is 5. The molecule has 0 saturated carbocycles. The average Bonchev–Trinajstić information content (AvgIpc) is 2.89. The summed E-state index contributed by atoms with van der Waals surface area (Å²) >= 11 is 0. The summed E-state index contributed by atoms with van der Waals surface area (Å²) in [5.41, 5.74) is 4.03. The molecule has 1 atom stereocenters. The number of ether oxygens (including phenoxy) is 1. The van der Waals surface area contributed by atoms with Crippen LogP contribution in [0, 0.1) is 0 Å². The Labute approximate surface area is 204 Å². The summed E-state index contributed by atoms with van der Waals surface area (Å²) in [6.07, 6.45) is 6.81. The summed E-state index contributed by atoms with van der Waals surface area (Å²) in [6, 6.07) is 9.55. The molecule has 4 aromatic rings. The maximum Gasteiger partial charge on any atom is 0.251 e. The monoisotopic (exact) mass is 471 g/mol. The van der Waals surface area contributed by atoms with Crippen molar-refractivity contribution in [1.82, 2.24) is 30.2 Å². The van der Waals surface area contributed by atoms with Crippen molar-refractivity contribution >= 4 is 22.6 Å². The maximum atomic E-state index is 12.3. The van der Waals surface area contributed by atoms with Crippen molar-refractivity contribution in [3.63, 3.8) is 0 Å². The van der Waals surface area contributed by atoms with Crippen LogP contribution in [0.4, 0.5) is 5.82 Å². The smallest absolute Gasteiger partial charge is 0.251 e. The van der Waals surface area contributed by atoms with E-state index in [0.717, 1.165) is 27.7 Å². The van der Waals surface area contributed by atoms with Gasteiger partial charge in [0, 0.05) is 55.1 Å². The van der Waals surface area contributed by atoms with E-state index in [4.69, 9.17) is 4.74 Å². The van der Waals surface area contributed by atoms with Crippen LogP contribution < -0.4 is 10.6 Å². The fourth-order valence-electron chi connectivity index (χ4n) is 3.71. The van der Waals surface area contributed by atoms with E-state index in [2.05, 4.69) is 42.5 Å². The molecule has 0 saturated heterocycles. The Morgan fingerprint density at radius 3 is 2.57 bits per heavy atom. The number of nitrogens with one attached hydrogen (secondary N) is 2. The van der Waals surface area contributed by atoms with E-state index in [9.17, 15) is 4.79 Å². The minimum atomic E-state index is -0.127. The van der Waals surface area contributed by atoms with E-state index in [1.54, 1.807) is 31.7 Å². The molecule has 3 aromatic heterocycles. The second-order valence-corrected chi connectivity index (χ2v) is 8.50. The van der Waals surface area contributed by atoms with Gasteiger partial charge in [-0.05, 0) is 25.5 Å². The van der Waals surface area contributed by atoms with Gasteiger partial charge in [0.25, 0.3) is 5.91 Å². The number of pyridine rings is 1. The Bertz CT molecular complexity index is 1310. The molecule has 3 heterocycles. The first kappa shape index (κ1) is 24.2. The van der Waals surface area contributed by atoms with Crippen LogP contribution in [0.1, 0.15) is 48.4 Å². The Morgan fingerprint density at radius 1 is 1.03 bits per heavy atom. The van der Waals surface area contributed by atoms with Crippen molar-refractivity contribution in [1.29, 1.82) is 0 Å². The highest BCUT2D eigenvalue weighted by molar-refractivity contribution is 6.06. The standard InChI is InChI=1S/C26H29N7O2/c1-16(2)35-14-24-30-12-18(13-31-24)22-10-23(33-15-32-22)29-11-17(3)19-6-5-7-20-21(26(34)27-4)8-9-28-25(19)20/h5-10,12-13,15-17H,11,14H2,1-4H3,(H,27,34)(H,29,32,33)/t17-/m1/s1. The maximum absolute atomic E-state index is 12.3. The molecule has 1 aromatic carbocycles. The summed E-state index contributed by atoms with van der Waals surface area (Å²) in [5.74, 6) is 1.33. The Kier molecular flexibility index (Phi) is 7.57. The molecule has 180 valence electrons. The molecule has 0 spiro atoms.